The number of benzene rings is 1. The number of halogens is 1. The smallest absolute Gasteiger partial charge is 0.126 e. The van der Waals surface area contributed by atoms with Crippen molar-refractivity contribution in [3.63, 3.8) is 0 Å². The second-order valence-electron chi connectivity index (χ2n) is 9.54. The molecule has 0 atom stereocenters. The van der Waals surface area contributed by atoms with Crippen LogP contribution in [0.3, 0.4) is 0 Å². The Bertz CT molecular complexity index is 547. The van der Waals surface area contributed by atoms with E-state index in [9.17, 15) is 4.39 Å². The largest absolute Gasteiger partial charge is 0.207 e. The van der Waals surface area contributed by atoms with Crippen LogP contribution in [0.2, 0.25) is 0 Å². The van der Waals surface area contributed by atoms with Gasteiger partial charge in [-0.05, 0) is 79.4 Å². The van der Waals surface area contributed by atoms with Gasteiger partial charge in [0.25, 0.3) is 0 Å². The normalized spacial score (nSPS) is 29.0. The van der Waals surface area contributed by atoms with Gasteiger partial charge in [-0.15, -0.1) is 0 Å². The number of hydrogen-bond donors (Lipinski definition) is 0. The van der Waals surface area contributed by atoms with Crippen LogP contribution < -0.4 is 0 Å². The Morgan fingerprint density at radius 1 is 0.815 bits per heavy atom. The highest BCUT2D eigenvalue weighted by atomic mass is 19.1. The number of unbranched alkanes of at least 4 members (excludes halogenated alkanes) is 1. The topological polar surface area (TPSA) is 0 Å². The lowest BCUT2D eigenvalue weighted by Gasteiger charge is -2.29. The maximum Gasteiger partial charge on any atom is 0.126 e. The van der Waals surface area contributed by atoms with Gasteiger partial charge in [0.2, 0.25) is 0 Å². The summed E-state index contributed by atoms with van der Waals surface area (Å²) in [5.74, 6) is 3.35. The van der Waals surface area contributed by atoms with Crippen molar-refractivity contribution < 1.29 is 4.39 Å². The third-order valence-electron chi connectivity index (χ3n) is 7.73. The summed E-state index contributed by atoms with van der Waals surface area (Å²) >= 11 is 0. The zero-order valence-corrected chi connectivity index (χ0v) is 17.8. The Balaban J connectivity index is 1.46. The van der Waals surface area contributed by atoms with Gasteiger partial charge in [0.05, 0.1) is 0 Å². The van der Waals surface area contributed by atoms with Crippen LogP contribution in [-0.4, -0.2) is 0 Å². The van der Waals surface area contributed by atoms with E-state index >= 15 is 0 Å². The molecule has 0 aromatic heterocycles. The molecule has 0 spiro atoms. The number of hydrogen-bond acceptors (Lipinski definition) is 0. The van der Waals surface area contributed by atoms with Crippen LogP contribution in [0.1, 0.15) is 114 Å². The molecule has 0 nitrogen and oxygen atoms in total. The van der Waals surface area contributed by atoms with Crippen LogP contribution >= 0.6 is 0 Å². The molecule has 0 radical (unpaired) electrons. The van der Waals surface area contributed by atoms with Crippen molar-refractivity contribution in [2.24, 2.45) is 17.8 Å². The zero-order valence-electron chi connectivity index (χ0n) is 17.8. The summed E-state index contributed by atoms with van der Waals surface area (Å²) in [4.78, 5) is 0. The highest BCUT2D eigenvalue weighted by molar-refractivity contribution is 5.27. The SMILES string of the molecule is CCCCC1CCC(c2ccc(CCC3CCC(CC)CC3)c(F)c2)CC1. The highest BCUT2D eigenvalue weighted by Gasteiger charge is 2.23. The minimum atomic E-state index is 0.0582. The molecule has 1 aromatic carbocycles. The van der Waals surface area contributed by atoms with E-state index in [1.165, 1.54) is 89.0 Å². The quantitative estimate of drug-likeness (QED) is 0.429. The van der Waals surface area contributed by atoms with Crippen molar-refractivity contribution >= 4 is 0 Å². The van der Waals surface area contributed by atoms with E-state index in [2.05, 4.69) is 26.0 Å². The molecule has 0 saturated heterocycles. The van der Waals surface area contributed by atoms with Crippen LogP contribution in [0.15, 0.2) is 18.2 Å². The molecule has 2 aliphatic rings. The van der Waals surface area contributed by atoms with E-state index in [0.29, 0.717) is 5.92 Å². The Morgan fingerprint density at radius 3 is 2.07 bits per heavy atom. The van der Waals surface area contributed by atoms with Gasteiger partial charge in [-0.2, -0.15) is 0 Å². The first-order valence-corrected chi connectivity index (χ1v) is 12.0. The molecule has 0 bridgehead atoms. The van der Waals surface area contributed by atoms with E-state index < -0.39 is 0 Å². The van der Waals surface area contributed by atoms with Crippen molar-refractivity contribution in [1.82, 2.24) is 0 Å². The van der Waals surface area contributed by atoms with Crippen molar-refractivity contribution in [2.45, 2.75) is 110 Å². The third kappa shape index (κ3) is 6.06. The van der Waals surface area contributed by atoms with Crippen molar-refractivity contribution in [3.05, 3.63) is 35.1 Å². The molecule has 0 heterocycles. The fraction of sp³-hybridized carbons (Fsp3) is 0.769. The van der Waals surface area contributed by atoms with E-state index in [1.807, 2.05) is 6.07 Å². The average Bonchev–Trinajstić information content (AvgIpc) is 2.72. The molecular formula is C26H41F. The molecule has 152 valence electrons. The monoisotopic (exact) mass is 372 g/mol. The summed E-state index contributed by atoms with van der Waals surface area (Å²) in [6.45, 7) is 4.60. The molecule has 2 fully saturated rings. The molecular weight excluding hydrogens is 331 g/mol. The van der Waals surface area contributed by atoms with Crippen molar-refractivity contribution in [1.29, 1.82) is 0 Å². The predicted octanol–water partition coefficient (Wildman–Crippen LogP) is 8.44. The van der Waals surface area contributed by atoms with Crippen LogP contribution in [0.4, 0.5) is 4.39 Å². The fourth-order valence-corrected chi connectivity index (χ4v) is 5.59. The molecule has 3 rings (SSSR count). The van der Waals surface area contributed by atoms with Gasteiger partial charge in [0, 0.05) is 0 Å². The van der Waals surface area contributed by atoms with Gasteiger partial charge in [-0.25, -0.2) is 4.39 Å². The lowest BCUT2D eigenvalue weighted by molar-refractivity contribution is 0.258. The summed E-state index contributed by atoms with van der Waals surface area (Å²) in [6, 6.07) is 6.22. The standard InChI is InChI=1S/C26H41F/c1-3-5-6-21-11-14-23(15-12-21)25-18-17-24(26(27)19-25)16-13-22-9-7-20(4-2)8-10-22/h17-23H,3-16H2,1-2H3. The van der Waals surface area contributed by atoms with Gasteiger partial charge in [-0.3, -0.25) is 0 Å². The second-order valence-corrected chi connectivity index (χ2v) is 9.54. The lowest BCUT2D eigenvalue weighted by Crippen LogP contribution is -2.15. The molecule has 1 aromatic rings. The number of aryl methyl sites for hydroxylation is 1. The van der Waals surface area contributed by atoms with Gasteiger partial charge in [0.1, 0.15) is 5.82 Å². The van der Waals surface area contributed by atoms with E-state index in [1.54, 1.807) is 0 Å². The maximum absolute atomic E-state index is 14.7. The lowest BCUT2D eigenvalue weighted by atomic mass is 9.76. The summed E-state index contributed by atoms with van der Waals surface area (Å²) in [5.41, 5.74) is 2.21. The minimum absolute atomic E-state index is 0.0582. The maximum atomic E-state index is 14.7. The summed E-state index contributed by atoms with van der Waals surface area (Å²) < 4.78 is 14.7. The molecule has 0 aliphatic heterocycles. The number of rotatable bonds is 8. The third-order valence-corrected chi connectivity index (χ3v) is 7.73. The molecule has 2 saturated carbocycles. The van der Waals surface area contributed by atoms with Crippen molar-refractivity contribution in [2.75, 3.05) is 0 Å². The molecule has 0 unspecified atom stereocenters. The first-order valence-electron chi connectivity index (χ1n) is 12.0. The van der Waals surface area contributed by atoms with E-state index in [0.717, 1.165) is 29.7 Å². The summed E-state index contributed by atoms with van der Waals surface area (Å²) in [6.07, 6.45) is 18.2. The Hall–Kier alpha value is -0.850. The zero-order chi connectivity index (χ0) is 19.1. The molecule has 0 amide bonds. The van der Waals surface area contributed by atoms with Gasteiger partial charge >= 0.3 is 0 Å². The van der Waals surface area contributed by atoms with Gasteiger partial charge in [0.15, 0.2) is 0 Å². The predicted molar refractivity (Wildman–Crippen MR) is 115 cm³/mol. The van der Waals surface area contributed by atoms with Gasteiger partial charge < -0.3 is 0 Å². The van der Waals surface area contributed by atoms with Crippen molar-refractivity contribution in [3.8, 4) is 0 Å². The highest BCUT2D eigenvalue weighted by Crippen LogP contribution is 2.38. The molecule has 1 heteroatoms. The van der Waals surface area contributed by atoms with Gasteiger partial charge in [-0.1, -0.05) is 77.3 Å². The fourth-order valence-electron chi connectivity index (χ4n) is 5.59. The first kappa shape index (κ1) is 20.9. The Kier molecular flexibility index (Phi) is 8.22. The van der Waals surface area contributed by atoms with Crippen LogP contribution in [0.25, 0.3) is 0 Å². The Labute approximate surface area is 167 Å². The van der Waals surface area contributed by atoms with Crippen LogP contribution in [0.5, 0.6) is 0 Å². The molecule has 2 aliphatic carbocycles. The molecule has 0 N–H and O–H groups in total. The Morgan fingerprint density at radius 2 is 1.44 bits per heavy atom. The second kappa shape index (κ2) is 10.6. The van der Waals surface area contributed by atoms with Crippen LogP contribution in [0, 0.1) is 23.6 Å². The minimum Gasteiger partial charge on any atom is -0.207 e. The average molecular weight is 373 g/mol. The first-order chi connectivity index (χ1) is 13.2. The van der Waals surface area contributed by atoms with E-state index in [-0.39, 0.29) is 5.82 Å². The van der Waals surface area contributed by atoms with Crippen LogP contribution in [-0.2, 0) is 6.42 Å². The van der Waals surface area contributed by atoms with E-state index in [4.69, 9.17) is 0 Å². The summed E-state index contributed by atoms with van der Waals surface area (Å²) in [7, 11) is 0. The summed E-state index contributed by atoms with van der Waals surface area (Å²) in [5, 5.41) is 0. The molecule has 27 heavy (non-hydrogen) atoms.